The van der Waals surface area contributed by atoms with Gasteiger partial charge in [-0.05, 0) is 30.5 Å². The van der Waals surface area contributed by atoms with Crippen LogP contribution in [0.2, 0.25) is 0 Å². The number of benzene rings is 1. The number of hydrogen-bond acceptors (Lipinski definition) is 3. The van der Waals surface area contributed by atoms with Gasteiger partial charge in [-0.15, -0.1) is 0 Å². The van der Waals surface area contributed by atoms with E-state index in [0.717, 1.165) is 30.5 Å². The van der Waals surface area contributed by atoms with Gasteiger partial charge in [-0.2, -0.15) is 0 Å². The Balaban J connectivity index is 1.79. The summed E-state index contributed by atoms with van der Waals surface area (Å²) in [6.07, 6.45) is 3.46. The molecule has 0 spiro atoms. The maximum absolute atomic E-state index is 12.1. The predicted octanol–water partition coefficient (Wildman–Crippen LogP) is 2.30. The van der Waals surface area contributed by atoms with Crippen molar-refractivity contribution in [2.24, 2.45) is 5.92 Å². The van der Waals surface area contributed by atoms with Gasteiger partial charge in [0.15, 0.2) is 0 Å². The lowest BCUT2D eigenvalue weighted by Crippen LogP contribution is -2.40. The number of amides is 3. The predicted molar refractivity (Wildman–Crippen MR) is 96.8 cm³/mol. The summed E-state index contributed by atoms with van der Waals surface area (Å²) >= 11 is 0. The molecule has 2 N–H and O–H groups in total. The van der Waals surface area contributed by atoms with Gasteiger partial charge in [0.2, 0.25) is 17.7 Å². The summed E-state index contributed by atoms with van der Waals surface area (Å²) in [5.41, 5.74) is 1.68. The van der Waals surface area contributed by atoms with Crippen LogP contribution in [-0.2, 0) is 20.9 Å². The van der Waals surface area contributed by atoms with Gasteiger partial charge in [0.25, 0.3) is 0 Å². The van der Waals surface area contributed by atoms with E-state index in [9.17, 15) is 14.4 Å². The fourth-order valence-electron chi connectivity index (χ4n) is 2.63. The first-order valence-corrected chi connectivity index (χ1v) is 8.90. The Kier molecular flexibility index (Phi) is 6.98. The highest BCUT2D eigenvalue weighted by Gasteiger charge is 2.18. The van der Waals surface area contributed by atoms with Crippen LogP contribution in [0.4, 0.5) is 5.69 Å². The molecule has 0 atom stereocenters. The normalized spacial score (nSPS) is 15.0. The summed E-state index contributed by atoms with van der Waals surface area (Å²) in [6.45, 7) is 4.87. The van der Waals surface area contributed by atoms with Crippen molar-refractivity contribution in [3.8, 4) is 0 Å². The lowest BCUT2D eigenvalue weighted by Gasteiger charge is -2.19. The Morgan fingerprint density at radius 1 is 1.12 bits per heavy atom. The quantitative estimate of drug-likeness (QED) is 0.830. The summed E-state index contributed by atoms with van der Waals surface area (Å²) in [5.74, 6) is -0.172. The average Bonchev–Trinajstić information content (AvgIpc) is 2.79. The molecule has 0 saturated carbocycles. The van der Waals surface area contributed by atoms with E-state index in [1.54, 1.807) is 4.90 Å². The molecule has 6 heteroatoms. The largest absolute Gasteiger partial charge is 0.350 e. The first-order chi connectivity index (χ1) is 12.0. The number of nitrogens with one attached hydrogen (secondary N) is 2. The Hall–Kier alpha value is -2.37. The molecule has 0 radical (unpaired) electrons. The molecule has 25 heavy (non-hydrogen) atoms. The molecule has 136 valence electrons. The number of nitrogens with zero attached hydrogens (tertiary/aromatic N) is 1. The summed E-state index contributed by atoms with van der Waals surface area (Å²) in [4.78, 5) is 37.3. The SMILES string of the molecule is CC(C)C(=O)Nc1ccc(CNC(=O)CN2CCCCCC2=O)cc1. The molecule has 1 heterocycles. The Bertz CT molecular complexity index is 611. The van der Waals surface area contributed by atoms with Gasteiger partial charge < -0.3 is 15.5 Å². The van der Waals surface area contributed by atoms with Gasteiger partial charge in [0.1, 0.15) is 0 Å². The van der Waals surface area contributed by atoms with Gasteiger partial charge >= 0.3 is 0 Å². The van der Waals surface area contributed by atoms with Gasteiger partial charge in [0, 0.05) is 31.1 Å². The van der Waals surface area contributed by atoms with Gasteiger partial charge in [-0.1, -0.05) is 32.4 Å². The first kappa shape index (κ1) is 19.0. The lowest BCUT2D eigenvalue weighted by atomic mass is 10.1. The van der Waals surface area contributed by atoms with E-state index in [-0.39, 0.29) is 30.2 Å². The second-order valence-electron chi connectivity index (χ2n) is 6.74. The van der Waals surface area contributed by atoms with Crippen LogP contribution in [0, 0.1) is 5.92 Å². The molecule has 1 aliphatic rings. The molecule has 6 nitrogen and oxygen atoms in total. The van der Waals surface area contributed by atoms with E-state index >= 15 is 0 Å². The van der Waals surface area contributed by atoms with Crippen LogP contribution in [0.3, 0.4) is 0 Å². The second kappa shape index (κ2) is 9.20. The smallest absolute Gasteiger partial charge is 0.239 e. The van der Waals surface area contributed by atoms with Crippen molar-refractivity contribution < 1.29 is 14.4 Å². The van der Waals surface area contributed by atoms with E-state index in [1.165, 1.54) is 0 Å². The number of likely N-dealkylation sites (tertiary alicyclic amines) is 1. The Morgan fingerprint density at radius 3 is 2.52 bits per heavy atom. The van der Waals surface area contributed by atoms with E-state index in [4.69, 9.17) is 0 Å². The van der Waals surface area contributed by atoms with Crippen molar-refractivity contribution in [2.45, 2.75) is 46.1 Å². The minimum Gasteiger partial charge on any atom is -0.350 e. The van der Waals surface area contributed by atoms with Crippen LogP contribution in [0.1, 0.15) is 45.1 Å². The van der Waals surface area contributed by atoms with Crippen molar-refractivity contribution in [3.05, 3.63) is 29.8 Å². The molecule has 2 rings (SSSR count). The van der Waals surface area contributed by atoms with E-state index in [2.05, 4.69) is 10.6 Å². The van der Waals surface area contributed by atoms with Crippen LogP contribution in [-0.4, -0.2) is 35.7 Å². The lowest BCUT2D eigenvalue weighted by molar-refractivity contribution is -0.135. The number of hydrogen-bond donors (Lipinski definition) is 2. The van der Waals surface area contributed by atoms with Crippen LogP contribution < -0.4 is 10.6 Å². The molecule has 1 aliphatic heterocycles. The highest BCUT2D eigenvalue weighted by atomic mass is 16.2. The molecule has 0 aliphatic carbocycles. The zero-order valence-corrected chi connectivity index (χ0v) is 15.0. The maximum Gasteiger partial charge on any atom is 0.239 e. The summed E-state index contributed by atoms with van der Waals surface area (Å²) < 4.78 is 0. The molecular formula is C19H27N3O3. The zero-order valence-electron chi connectivity index (χ0n) is 15.0. The van der Waals surface area contributed by atoms with E-state index < -0.39 is 0 Å². The number of anilines is 1. The number of carbonyl (C=O) groups is 3. The fraction of sp³-hybridized carbons (Fsp3) is 0.526. The maximum atomic E-state index is 12.1. The minimum absolute atomic E-state index is 0.0248. The summed E-state index contributed by atoms with van der Waals surface area (Å²) in [7, 11) is 0. The van der Waals surface area contributed by atoms with E-state index in [1.807, 2.05) is 38.1 Å². The second-order valence-corrected chi connectivity index (χ2v) is 6.74. The molecule has 1 aromatic carbocycles. The molecule has 1 fully saturated rings. The highest BCUT2D eigenvalue weighted by molar-refractivity contribution is 5.92. The molecule has 1 aromatic rings. The third-order valence-corrected chi connectivity index (χ3v) is 4.24. The van der Waals surface area contributed by atoms with Crippen LogP contribution in [0.25, 0.3) is 0 Å². The van der Waals surface area contributed by atoms with Crippen molar-refractivity contribution >= 4 is 23.4 Å². The number of carbonyl (C=O) groups excluding carboxylic acids is 3. The van der Waals surface area contributed by atoms with Crippen molar-refractivity contribution in [1.29, 1.82) is 0 Å². The Labute approximate surface area is 149 Å². The topological polar surface area (TPSA) is 78.5 Å². The third-order valence-electron chi connectivity index (χ3n) is 4.24. The molecule has 0 aromatic heterocycles. The van der Waals surface area contributed by atoms with Crippen molar-refractivity contribution in [2.75, 3.05) is 18.4 Å². The minimum atomic E-state index is -0.146. The molecule has 1 saturated heterocycles. The average molecular weight is 345 g/mol. The van der Waals surface area contributed by atoms with Gasteiger partial charge in [0.05, 0.1) is 6.54 Å². The molecule has 0 bridgehead atoms. The van der Waals surface area contributed by atoms with Crippen molar-refractivity contribution in [1.82, 2.24) is 10.2 Å². The third kappa shape index (κ3) is 6.21. The van der Waals surface area contributed by atoms with Gasteiger partial charge in [-0.3, -0.25) is 14.4 Å². The zero-order chi connectivity index (χ0) is 18.2. The monoisotopic (exact) mass is 345 g/mol. The molecular weight excluding hydrogens is 318 g/mol. The van der Waals surface area contributed by atoms with Crippen LogP contribution in [0.15, 0.2) is 24.3 Å². The van der Waals surface area contributed by atoms with Crippen LogP contribution in [0.5, 0.6) is 0 Å². The summed E-state index contributed by atoms with van der Waals surface area (Å²) in [5, 5.41) is 5.67. The summed E-state index contributed by atoms with van der Waals surface area (Å²) in [6, 6.07) is 7.38. The number of rotatable bonds is 6. The fourth-order valence-corrected chi connectivity index (χ4v) is 2.63. The molecule has 3 amide bonds. The first-order valence-electron chi connectivity index (χ1n) is 8.90. The van der Waals surface area contributed by atoms with Gasteiger partial charge in [-0.25, -0.2) is 0 Å². The standard InChI is InChI=1S/C19H27N3O3/c1-14(2)19(25)21-16-9-7-15(8-10-16)12-20-17(23)13-22-11-5-3-4-6-18(22)24/h7-10,14H,3-6,11-13H2,1-2H3,(H,20,23)(H,21,25). The Morgan fingerprint density at radius 2 is 1.84 bits per heavy atom. The van der Waals surface area contributed by atoms with Crippen molar-refractivity contribution in [3.63, 3.8) is 0 Å². The van der Waals surface area contributed by atoms with Crippen LogP contribution >= 0.6 is 0 Å². The molecule has 0 unspecified atom stereocenters. The van der Waals surface area contributed by atoms with E-state index in [0.29, 0.717) is 19.5 Å². The highest BCUT2D eigenvalue weighted by Crippen LogP contribution is 2.12.